The van der Waals surface area contributed by atoms with Crippen LogP contribution >= 0.6 is 11.6 Å². The van der Waals surface area contributed by atoms with Gasteiger partial charge in [0.1, 0.15) is 18.2 Å². The summed E-state index contributed by atoms with van der Waals surface area (Å²) in [7, 11) is 0. The first-order chi connectivity index (χ1) is 17.8. The molecule has 37 heavy (non-hydrogen) atoms. The zero-order valence-corrected chi connectivity index (χ0v) is 20.2. The maximum atomic E-state index is 13.6. The van der Waals surface area contributed by atoms with Gasteiger partial charge in [0.15, 0.2) is 5.69 Å². The molecule has 1 unspecified atom stereocenters. The van der Waals surface area contributed by atoms with Gasteiger partial charge in [0.25, 0.3) is 0 Å². The summed E-state index contributed by atoms with van der Waals surface area (Å²) in [5.41, 5.74) is 0.0638. The molecule has 1 aliphatic rings. The fourth-order valence-corrected chi connectivity index (χ4v) is 3.99. The minimum absolute atomic E-state index is 0.00280. The Labute approximate surface area is 213 Å². The molecule has 0 aliphatic carbocycles. The van der Waals surface area contributed by atoms with E-state index in [1.165, 1.54) is 34.3 Å². The van der Waals surface area contributed by atoms with Crippen molar-refractivity contribution < 1.29 is 22.6 Å². The Bertz CT molecular complexity index is 1340. The van der Waals surface area contributed by atoms with Gasteiger partial charge in [-0.3, -0.25) is 4.68 Å². The molecule has 1 N–H and O–H groups in total. The molecule has 2 atom stereocenters. The lowest BCUT2D eigenvalue weighted by molar-refractivity contribution is -0.140. The molecule has 0 amide bonds. The van der Waals surface area contributed by atoms with Crippen LogP contribution in [-0.2, 0) is 17.5 Å². The largest absolute Gasteiger partial charge is 0.487 e. The van der Waals surface area contributed by atoms with Crippen molar-refractivity contribution in [1.82, 2.24) is 40.0 Å². The standard InChI is InChI=1S/C22H21ClF3N9O2/c1-13(9-34-12-29-32-33-34)37-19-6-14(2-3-17(19)23)15-7-27-21(28-8-15)30-18-10-35(16-4-5-36-11-16)31-20(18)22(24,25)26/h2-3,6-8,10,12-13,16H,4-5,9,11H2,1H3,(H,27,28,30)/t13-,16?/m0/s1. The van der Waals surface area contributed by atoms with Crippen molar-refractivity contribution >= 4 is 23.2 Å². The van der Waals surface area contributed by atoms with E-state index < -0.39 is 11.9 Å². The van der Waals surface area contributed by atoms with Crippen LogP contribution in [0.1, 0.15) is 25.1 Å². The molecule has 1 fully saturated rings. The molecule has 15 heteroatoms. The Kier molecular flexibility index (Phi) is 6.93. The van der Waals surface area contributed by atoms with Crippen molar-refractivity contribution in [3.05, 3.63) is 53.8 Å². The van der Waals surface area contributed by atoms with Crippen molar-refractivity contribution in [3.8, 4) is 16.9 Å². The smallest absolute Gasteiger partial charge is 0.437 e. The number of hydrogen-bond acceptors (Lipinski definition) is 9. The number of nitrogens with one attached hydrogen (secondary N) is 1. The summed E-state index contributed by atoms with van der Waals surface area (Å²) < 4.78 is 54.8. The minimum atomic E-state index is -4.64. The first-order valence-corrected chi connectivity index (χ1v) is 11.6. The highest BCUT2D eigenvalue weighted by Gasteiger charge is 2.38. The molecule has 0 bridgehead atoms. The molecule has 11 nitrogen and oxygen atoms in total. The highest BCUT2D eigenvalue weighted by molar-refractivity contribution is 6.32. The van der Waals surface area contributed by atoms with Crippen LogP contribution in [0.4, 0.5) is 24.8 Å². The van der Waals surface area contributed by atoms with Gasteiger partial charge in [-0.05, 0) is 41.5 Å². The normalized spacial score (nSPS) is 16.6. The number of hydrogen-bond donors (Lipinski definition) is 1. The van der Waals surface area contributed by atoms with Gasteiger partial charge in [-0.1, -0.05) is 17.7 Å². The van der Waals surface area contributed by atoms with Gasteiger partial charge in [-0.15, -0.1) is 5.10 Å². The Hall–Kier alpha value is -3.78. The van der Waals surface area contributed by atoms with Crippen LogP contribution < -0.4 is 10.1 Å². The summed E-state index contributed by atoms with van der Waals surface area (Å²) in [6.07, 6.45) is 1.44. The van der Waals surface area contributed by atoms with Gasteiger partial charge in [0.05, 0.1) is 29.9 Å². The Morgan fingerprint density at radius 2 is 2.05 bits per heavy atom. The number of tetrazole rings is 1. The molecule has 1 aromatic carbocycles. The summed E-state index contributed by atoms with van der Waals surface area (Å²) in [4.78, 5) is 8.39. The van der Waals surface area contributed by atoms with Gasteiger partial charge in [0, 0.05) is 30.8 Å². The Morgan fingerprint density at radius 1 is 1.24 bits per heavy atom. The third-order valence-electron chi connectivity index (χ3n) is 5.61. The highest BCUT2D eigenvalue weighted by atomic mass is 35.5. The number of alkyl halides is 3. The van der Waals surface area contributed by atoms with Crippen molar-refractivity contribution in [2.75, 3.05) is 18.5 Å². The van der Waals surface area contributed by atoms with E-state index in [1.807, 2.05) is 6.92 Å². The van der Waals surface area contributed by atoms with Gasteiger partial charge in [-0.2, -0.15) is 18.3 Å². The zero-order valence-electron chi connectivity index (χ0n) is 19.4. The van der Waals surface area contributed by atoms with Gasteiger partial charge in [-0.25, -0.2) is 14.6 Å². The number of aromatic nitrogens is 8. The molecular formula is C22H21ClF3N9O2. The van der Waals surface area contributed by atoms with Crippen LogP contribution in [-0.4, -0.2) is 59.3 Å². The maximum absolute atomic E-state index is 13.6. The van der Waals surface area contributed by atoms with Crippen LogP contribution in [0, 0.1) is 0 Å². The Balaban J connectivity index is 1.32. The zero-order chi connectivity index (χ0) is 26.0. The second kappa shape index (κ2) is 10.3. The molecule has 4 aromatic rings. The molecule has 4 heterocycles. The molecule has 194 valence electrons. The summed E-state index contributed by atoms with van der Waals surface area (Å²) in [6, 6.07) is 4.93. The first kappa shape index (κ1) is 24.9. The monoisotopic (exact) mass is 535 g/mol. The summed E-state index contributed by atoms with van der Waals surface area (Å²) >= 11 is 6.30. The van der Waals surface area contributed by atoms with Gasteiger partial charge < -0.3 is 14.8 Å². The average Bonchev–Trinajstić information content (AvgIpc) is 3.63. The van der Waals surface area contributed by atoms with Crippen LogP contribution in [0.5, 0.6) is 5.75 Å². The summed E-state index contributed by atoms with van der Waals surface area (Å²) in [5.74, 6) is 0.442. The topological polar surface area (TPSA) is 118 Å². The molecule has 5 rings (SSSR count). The van der Waals surface area contributed by atoms with E-state index in [9.17, 15) is 13.2 Å². The lowest BCUT2D eigenvalue weighted by Crippen LogP contribution is -2.20. The molecule has 0 radical (unpaired) electrons. The van der Waals surface area contributed by atoms with Crippen molar-refractivity contribution in [1.29, 1.82) is 0 Å². The lowest BCUT2D eigenvalue weighted by atomic mass is 10.1. The SMILES string of the molecule is C[C@@H](Cn1cnnn1)Oc1cc(-c2cnc(Nc3cn(C4CCOC4)nc3C(F)(F)F)nc2)ccc1Cl. The van der Waals surface area contributed by atoms with E-state index in [0.717, 1.165) is 0 Å². The fraction of sp³-hybridized carbons (Fsp3) is 0.364. The van der Waals surface area contributed by atoms with Gasteiger partial charge in [0.2, 0.25) is 5.95 Å². The number of benzene rings is 1. The van der Waals surface area contributed by atoms with Crippen molar-refractivity contribution in [3.63, 3.8) is 0 Å². The Morgan fingerprint density at radius 3 is 2.73 bits per heavy atom. The van der Waals surface area contributed by atoms with Crippen LogP contribution in [0.2, 0.25) is 5.02 Å². The third kappa shape index (κ3) is 5.80. The van der Waals surface area contributed by atoms with Gasteiger partial charge >= 0.3 is 6.18 Å². The number of nitrogens with zero attached hydrogens (tertiary/aromatic N) is 8. The molecule has 1 saturated heterocycles. The van der Waals surface area contributed by atoms with Crippen LogP contribution in [0.25, 0.3) is 11.1 Å². The van der Waals surface area contributed by atoms with Crippen molar-refractivity contribution in [2.24, 2.45) is 0 Å². The van der Waals surface area contributed by atoms with Crippen molar-refractivity contribution in [2.45, 2.75) is 38.2 Å². The second-order valence-electron chi connectivity index (χ2n) is 8.41. The number of halogens is 4. The summed E-state index contributed by atoms with van der Waals surface area (Å²) in [5, 5.41) is 17.8. The van der Waals surface area contributed by atoms with E-state index in [2.05, 4.69) is 35.9 Å². The first-order valence-electron chi connectivity index (χ1n) is 11.3. The lowest BCUT2D eigenvalue weighted by Gasteiger charge is -2.16. The minimum Gasteiger partial charge on any atom is -0.487 e. The molecule has 3 aromatic heterocycles. The van der Waals surface area contributed by atoms with E-state index >= 15 is 0 Å². The average molecular weight is 536 g/mol. The van der Waals surface area contributed by atoms with Crippen LogP contribution in [0.3, 0.4) is 0 Å². The quantitative estimate of drug-likeness (QED) is 0.354. The van der Waals surface area contributed by atoms with E-state index in [0.29, 0.717) is 48.1 Å². The number of anilines is 2. The molecule has 0 saturated carbocycles. The third-order valence-corrected chi connectivity index (χ3v) is 5.92. The van der Waals surface area contributed by atoms with Crippen LogP contribution in [0.15, 0.2) is 43.1 Å². The predicted molar refractivity (Wildman–Crippen MR) is 125 cm³/mol. The number of rotatable bonds is 8. The number of ether oxygens (including phenoxy) is 2. The van der Waals surface area contributed by atoms with E-state index in [-0.39, 0.29) is 23.8 Å². The molecule has 1 aliphatic heterocycles. The van der Waals surface area contributed by atoms with E-state index in [4.69, 9.17) is 21.1 Å². The second-order valence-corrected chi connectivity index (χ2v) is 8.82. The molecular weight excluding hydrogens is 515 g/mol. The van der Waals surface area contributed by atoms with E-state index in [1.54, 1.807) is 18.2 Å². The fourth-order valence-electron chi connectivity index (χ4n) is 3.83. The predicted octanol–water partition coefficient (Wildman–Crippen LogP) is 4.17. The summed E-state index contributed by atoms with van der Waals surface area (Å²) in [6.45, 7) is 3.06. The maximum Gasteiger partial charge on any atom is 0.437 e. The molecule has 0 spiro atoms. The highest BCUT2D eigenvalue weighted by Crippen LogP contribution is 2.36.